The smallest absolute Gasteiger partial charge is 0.164 e. The van der Waals surface area contributed by atoms with Gasteiger partial charge in [-0.15, -0.1) is 0 Å². The van der Waals surface area contributed by atoms with E-state index in [4.69, 9.17) is 23.8 Å². The summed E-state index contributed by atoms with van der Waals surface area (Å²) in [5, 5.41) is 1.67. The van der Waals surface area contributed by atoms with E-state index in [1.807, 2.05) is 24.3 Å². The fourth-order valence-corrected chi connectivity index (χ4v) is 2.89. The number of hydrogen-bond donors (Lipinski definition) is 0. The van der Waals surface area contributed by atoms with Crippen LogP contribution < -0.4 is 0 Å². The minimum absolute atomic E-state index is 0.726. The van der Waals surface area contributed by atoms with Gasteiger partial charge in [-0.25, -0.2) is 0 Å². The van der Waals surface area contributed by atoms with Crippen LogP contribution in [0.1, 0.15) is 0 Å². The SMILES string of the molecule is S=c1snc(-c2cccc(Cl)c2)s1. The van der Waals surface area contributed by atoms with Gasteiger partial charge in [0, 0.05) is 10.6 Å². The fourth-order valence-electron chi connectivity index (χ4n) is 0.928. The molecular formula is C8H4ClNS3. The largest absolute Gasteiger partial charge is 0.179 e. The Morgan fingerprint density at radius 2 is 2.23 bits per heavy atom. The highest BCUT2D eigenvalue weighted by molar-refractivity contribution is 7.76. The van der Waals surface area contributed by atoms with Crippen LogP contribution in [0.25, 0.3) is 10.6 Å². The first-order chi connectivity index (χ1) is 6.25. The summed E-state index contributed by atoms with van der Waals surface area (Å²) >= 11 is 13.7. The van der Waals surface area contributed by atoms with Crippen LogP contribution >= 0.6 is 46.7 Å². The second-order valence-corrected chi connectivity index (χ2v) is 5.74. The third kappa shape index (κ3) is 2.14. The van der Waals surface area contributed by atoms with Gasteiger partial charge in [0.05, 0.1) is 0 Å². The first kappa shape index (κ1) is 9.27. The zero-order valence-electron chi connectivity index (χ0n) is 6.36. The zero-order valence-corrected chi connectivity index (χ0v) is 9.56. The van der Waals surface area contributed by atoms with Crippen molar-refractivity contribution in [2.45, 2.75) is 0 Å². The maximum Gasteiger partial charge on any atom is 0.164 e. The van der Waals surface area contributed by atoms with Crippen molar-refractivity contribution in [1.29, 1.82) is 0 Å². The summed E-state index contributed by atoms with van der Waals surface area (Å²) in [5.41, 5.74) is 1.03. The van der Waals surface area contributed by atoms with Crippen LogP contribution in [0.2, 0.25) is 5.02 Å². The predicted molar refractivity (Wildman–Crippen MR) is 61.3 cm³/mol. The normalized spacial score (nSPS) is 10.2. The monoisotopic (exact) mass is 245 g/mol. The third-order valence-corrected chi connectivity index (χ3v) is 3.86. The minimum atomic E-state index is 0.726. The Morgan fingerprint density at radius 3 is 2.85 bits per heavy atom. The van der Waals surface area contributed by atoms with Crippen LogP contribution in [-0.2, 0) is 0 Å². The number of nitrogens with zero attached hydrogens (tertiary/aromatic N) is 1. The van der Waals surface area contributed by atoms with Crippen LogP contribution in [0.15, 0.2) is 24.3 Å². The van der Waals surface area contributed by atoms with Crippen molar-refractivity contribution < 1.29 is 0 Å². The third-order valence-electron chi connectivity index (χ3n) is 1.45. The van der Waals surface area contributed by atoms with Gasteiger partial charge in [-0.3, -0.25) is 0 Å². The van der Waals surface area contributed by atoms with Gasteiger partial charge in [0.1, 0.15) is 5.01 Å². The molecule has 0 radical (unpaired) electrons. The molecule has 0 atom stereocenters. The molecule has 0 unspecified atom stereocenters. The molecule has 0 aliphatic rings. The summed E-state index contributed by atoms with van der Waals surface area (Å²) in [4.78, 5) is 0. The maximum atomic E-state index is 5.86. The summed E-state index contributed by atoms with van der Waals surface area (Å²) in [6, 6.07) is 7.62. The lowest BCUT2D eigenvalue weighted by molar-refractivity contribution is 1.57. The van der Waals surface area contributed by atoms with E-state index in [1.54, 1.807) is 0 Å². The molecule has 0 aliphatic heterocycles. The number of rotatable bonds is 1. The van der Waals surface area contributed by atoms with Crippen molar-refractivity contribution in [2.75, 3.05) is 0 Å². The van der Waals surface area contributed by atoms with E-state index in [2.05, 4.69) is 4.37 Å². The van der Waals surface area contributed by atoms with E-state index in [9.17, 15) is 0 Å². The highest BCUT2D eigenvalue weighted by atomic mass is 35.5. The molecular weight excluding hydrogens is 242 g/mol. The standard InChI is InChI=1S/C8H4ClNS3/c9-6-3-1-2-5(4-6)7-10-13-8(11)12-7/h1-4H. The van der Waals surface area contributed by atoms with E-state index in [0.717, 1.165) is 18.7 Å². The van der Waals surface area contributed by atoms with Gasteiger partial charge >= 0.3 is 0 Å². The van der Waals surface area contributed by atoms with E-state index in [1.165, 1.54) is 22.9 Å². The summed E-state index contributed by atoms with van der Waals surface area (Å²) in [5.74, 6) is 0. The number of benzene rings is 1. The number of halogens is 1. The summed E-state index contributed by atoms with van der Waals surface area (Å²) in [6.07, 6.45) is 0. The Bertz CT molecular complexity index is 474. The zero-order chi connectivity index (χ0) is 9.26. The molecule has 0 N–H and O–H groups in total. The topological polar surface area (TPSA) is 12.9 Å². The van der Waals surface area contributed by atoms with Gasteiger partial charge in [-0.05, 0) is 23.7 Å². The molecule has 2 rings (SSSR count). The van der Waals surface area contributed by atoms with E-state index in [0.29, 0.717) is 0 Å². The van der Waals surface area contributed by atoms with Gasteiger partial charge in [-0.2, -0.15) is 4.37 Å². The molecule has 0 aliphatic carbocycles. The molecule has 1 aromatic carbocycles. The first-order valence-corrected chi connectivity index (χ1v) is 5.86. The van der Waals surface area contributed by atoms with Crippen molar-refractivity contribution in [3.63, 3.8) is 0 Å². The molecule has 1 nitrogen and oxygen atoms in total. The Labute approximate surface area is 93.8 Å². The minimum Gasteiger partial charge on any atom is -0.179 e. The van der Waals surface area contributed by atoms with Crippen LogP contribution in [0, 0.1) is 3.14 Å². The molecule has 0 saturated heterocycles. The van der Waals surface area contributed by atoms with Gasteiger partial charge in [0.2, 0.25) is 0 Å². The molecule has 2 aromatic rings. The second-order valence-electron chi connectivity index (χ2n) is 2.35. The molecule has 13 heavy (non-hydrogen) atoms. The molecule has 66 valence electrons. The molecule has 5 heteroatoms. The van der Waals surface area contributed by atoms with Crippen LogP contribution in [0.4, 0.5) is 0 Å². The van der Waals surface area contributed by atoms with Crippen LogP contribution in [0.5, 0.6) is 0 Å². The van der Waals surface area contributed by atoms with Crippen molar-refractivity contribution in [1.82, 2.24) is 4.37 Å². The van der Waals surface area contributed by atoms with Crippen LogP contribution in [0.3, 0.4) is 0 Å². The molecule has 1 aromatic heterocycles. The molecule has 0 saturated carbocycles. The number of aromatic nitrogens is 1. The van der Waals surface area contributed by atoms with Gasteiger partial charge in [0.15, 0.2) is 3.14 Å². The van der Waals surface area contributed by atoms with Crippen molar-refractivity contribution >= 4 is 46.7 Å². The Morgan fingerprint density at radius 1 is 1.38 bits per heavy atom. The first-order valence-electron chi connectivity index (χ1n) is 3.48. The highest BCUT2D eigenvalue weighted by Gasteiger charge is 2.01. The average Bonchev–Trinajstić information content (AvgIpc) is 2.52. The second kappa shape index (κ2) is 3.84. The summed E-state index contributed by atoms with van der Waals surface area (Å²) in [6.45, 7) is 0. The predicted octanol–water partition coefficient (Wildman–Crippen LogP) is 4.25. The summed E-state index contributed by atoms with van der Waals surface area (Å²) < 4.78 is 5.07. The van der Waals surface area contributed by atoms with Gasteiger partial charge in [-0.1, -0.05) is 47.3 Å². The van der Waals surface area contributed by atoms with Crippen molar-refractivity contribution in [3.05, 3.63) is 32.4 Å². The lowest BCUT2D eigenvalue weighted by atomic mass is 10.2. The Balaban J connectivity index is 2.52. The molecule has 0 spiro atoms. The van der Waals surface area contributed by atoms with E-state index in [-0.39, 0.29) is 0 Å². The molecule has 1 heterocycles. The van der Waals surface area contributed by atoms with Gasteiger partial charge in [0.25, 0.3) is 0 Å². The van der Waals surface area contributed by atoms with Gasteiger partial charge < -0.3 is 0 Å². The Kier molecular flexibility index (Phi) is 2.74. The highest BCUT2D eigenvalue weighted by Crippen LogP contribution is 2.26. The maximum absolute atomic E-state index is 5.86. The molecule has 0 fully saturated rings. The Hall–Kier alpha value is -0.290. The quantitative estimate of drug-likeness (QED) is 0.697. The molecule has 0 bridgehead atoms. The lowest BCUT2D eigenvalue weighted by Crippen LogP contribution is -1.73. The number of hydrogen-bond acceptors (Lipinski definition) is 4. The lowest BCUT2D eigenvalue weighted by Gasteiger charge is -1.94. The fraction of sp³-hybridized carbons (Fsp3) is 0. The van der Waals surface area contributed by atoms with E-state index < -0.39 is 0 Å². The average molecular weight is 246 g/mol. The molecule has 0 amide bonds. The van der Waals surface area contributed by atoms with Crippen LogP contribution in [-0.4, -0.2) is 4.37 Å². The van der Waals surface area contributed by atoms with E-state index >= 15 is 0 Å². The summed E-state index contributed by atoms with van der Waals surface area (Å²) in [7, 11) is 0. The van der Waals surface area contributed by atoms with Crippen molar-refractivity contribution in [2.24, 2.45) is 0 Å². The van der Waals surface area contributed by atoms with Crippen molar-refractivity contribution in [3.8, 4) is 10.6 Å².